The molecule has 0 aromatic heterocycles. The first-order valence-electron chi connectivity index (χ1n) is 10.0. The highest BCUT2D eigenvalue weighted by Gasteiger charge is 2.74. The summed E-state index contributed by atoms with van der Waals surface area (Å²) in [5.41, 5.74) is -0.802. The molecule has 2 aromatic rings. The topological polar surface area (TPSA) is 49.5 Å². The van der Waals surface area contributed by atoms with Crippen molar-refractivity contribution in [3.8, 4) is 5.75 Å². The van der Waals surface area contributed by atoms with Crippen molar-refractivity contribution in [2.45, 2.75) is 58.7 Å². The zero-order valence-corrected chi connectivity index (χ0v) is 18.6. The molecule has 1 N–H and O–H groups in total. The molecule has 0 bridgehead atoms. The number of para-hydroxylation sites is 2. The summed E-state index contributed by atoms with van der Waals surface area (Å²) in [6, 6.07) is 14.9. The first-order chi connectivity index (χ1) is 13.5. The lowest BCUT2D eigenvalue weighted by Crippen LogP contribution is -2.42. The average molecular weight is 447 g/mol. The molecule has 3 rings (SSSR count). The number of carbonyl (C=O) groups is 1. The molecule has 1 aliphatic heterocycles. The van der Waals surface area contributed by atoms with E-state index in [2.05, 4.69) is 15.9 Å². The Hall–Kier alpha value is -2.01. The maximum absolute atomic E-state index is 12.7. The Morgan fingerprint density at radius 1 is 1.14 bits per heavy atom. The predicted molar refractivity (Wildman–Crippen MR) is 116 cm³/mol. The van der Waals surface area contributed by atoms with Gasteiger partial charge in [-0.1, -0.05) is 60.9 Å². The largest absolute Gasteiger partial charge is 0.486 e. The van der Waals surface area contributed by atoms with Crippen LogP contribution in [0, 0.1) is 5.41 Å². The summed E-state index contributed by atoms with van der Waals surface area (Å²) in [7, 11) is 0. The van der Waals surface area contributed by atoms with Gasteiger partial charge in [0.2, 0.25) is 0 Å². The van der Waals surface area contributed by atoms with Crippen LogP contribution in [0.1, 0.15) is 54.5 Å². The minimum Gasteiger partial charge on any atom is -0.486 e. The first-order valence-corrected chi connectivity index (χ1v) is 10.1. The molecule has 1 heterocycles. The number of nitrogens with zero attached hydrogens (tertiary/aromatic N) is 1. The summed E-state index contributed by atoms with van der Waals surface area (Å²) in [6.07, 6.45) is 0. The summed E-state index contributed by atoms with van der Waals surface area (Å²) >= 11 is 3.45. The van der Waals surface area contributed by atoms with Gasteiger partial charge in [0.25, 0.3) is 0 Å². The molecule has 2 atom stereocenters. The lowest BCUT2D eigenvalue weighted by Gasteiger charge is -2.29. The van der Waals surface area contributed by atoms with Gasteiger partial charge in [0, 0.05) is 5.84 Å². The first kappa shape index (κ1) is 19.3. The van der Waals surface area contributed by atoms with Crippen LogP contribution in [0.5, 0.6) is 5.75 Å². The Balaban J connectivity index is 2.20. The second kappa shape index (κ2) is 6.80. The van der Waals surface area contributed by atoms with Crippen LogP contribution in [-0.4, -0.2) is 22.2 Å². The Kier molecular flexibility index (Phi) is 4.69. The summed E-state index contributed by atoms with van der Waals surface area (Å²) in [5.74, 6) is -0.278. The third-order valence-electron chi connectivity index (χ3n) is 5.05. The third kappa shape index (κ3) is 3.41. The molecule has 1 saturated heterocycles. The zero-order chi connectivity index (χ0) is 21.6. The van der Waals surface area contributed by atoms with Crippen molar-refractivity contribution in [1.29, 1.82) is 0 Å². The Labute approximate surface area is 177 Å². The number of carboxylic acid groups (broad SMARTS) is 1. The zero-order valence-electron chi connectivity index (χ0n) is 18.0. The van der Waals surface area contributed by atoms with Crippen LogP contribution in [-0.2, 0) is 4.79 Å². The number of hydrogen-bond donors (Lipinski definition) is 1. The average Bonchev–Trinajstić information content (AvgIpc) is 3.33. The van der Waals surface area contributed by atoms with Crippen molar-refractivity contribution in [2.75, 3.05) is 4.90 Å². The Bertz CT molecular complexity index is 907. The second-order valence-corrected chi connectivity index (χ2v) is 9.88. The van der Waals surface area contributed by atoms with Crippen LogP contribution < -0.4 is 9.64 Å². The number of benzene rings is 2. The highest BCUT2D eigenvalue weighted by Crippen LogP contribution is 2.65. The highest BCUT2D eigenvalue weighted by molar-refractivity contribution is 9.10. The molecule has 4 nitrogen and oxygen atoms in total. The number of rotatable bonds is 4. The number of anilines is 1. The number of aliphatic carboxylic acids is 1. The van der Waals surface area contributed by atoms with Gasteiger partial charge < -0.3 is 14.7 Å². The Morgan fingerprint density at radius 3 is 2.29 bits per heavy atom. The van der Waals surface area contributed by atoms with Crippen LogP contribution in [0.3, 0.4) is 0 Å². The molecule has 1 fully saturated rings. The standard InChI is InChI=1S/C23H28BrNO3/c1-21(2,3)23(20(26)27)19(15-11-13-16(24)14-12-15)25(23)17-9-7-8-10-18(17)28-22(4,5)6/h7-14,19H,1-6H3,(H,26,27)/t19-,23-,25?/m0/s1/i1D. The van der Waals surface area contributed by atoms with E-state index in [1.165, 1.54) is 0 Å². The van der Waals surface area contributed by atoms with Gasteiger partial charge in [0.15, 0.2) is 5.54 Å². The van der Waals surface area contributed by atoms with Crippen molar-refractivity contribution < 1.29 is 16.0 Å². The van der Waals surface area contributed by atoms with Crippen LogP contribution in [0.4, 0.5) is 5.69 Å². The van der Waals surface area contributed by atoms with E-state index in [0.717, 1.165) is 15.7 Å². The SMILES string of the molecule is [2H]CC(C)(C)[C@@]1(C(=O)O)[C@H](c2ccc(Br)cc2)N1c1ccccc1OC(C)(C)C. The van der Waals surface area contributed by atoms with E-state index in [9.17, 15) is 9.90 Å². The van der Waals surface area contributed by atoms with Gasteiger partial charge in [-0.2, -0.15) is 0 Å². The maximum atomic E-state index is 12.7. The number of hydrogen-bond acceptors (Lipinski definition) is 3. The van der Waals surface area contributed by atoms with Gasteiger partial charge in [-0.3, -0.25) is 0 Å². The van der Waals surface area contributed by atoms with Gasteiger partial charge in [0.05, 0.1) is 11.7 Å². The summed E-state index contributed by atoms with van der Waals surface area (Å²) in [4.78, 5) is 14.7. The molecule has 0 radical (unpaired) electrons. The van der Waals surface area contributed by atoms with Gasteiger partial charge in [-0.25, -0.2) is 4.79 Å². The smallest absolute Gasteiger partial charge is 0.332 e. The quantitative estimate of drug-likeness (QED) is 0.579. The van der Waals surface area contributed by atoms with Crippen molar-refractivity contribution in [1.82, 2.24) is 0 Å². The van der Waals surface area contributed by atoms with Crippen molar-refractivity contribution in [3.63, 3.8) is 0 Å². The monoisotopic (exact) mass is 446 g/mol. The molecule has 0 saturated carbocycles. The molecule has 0 spiro atoms. The molecule has 28 heavy (non-hydrogen) atoms. The predicted octanol–water partition coefficient (Wildman–Crippen LogP) is 6.06. The van der Waals surface area contributed by atoms with Crippen molar-refractivity contribution >= 4 is 27.6 Å². The molecule has 150 valence electrons. The van der Waals surface area contributed by atoms with Crippen LogP contribution >= 0.6 is 15.9 Å². The maximum Gasteiger partial charge on any atom is 0.332 e. The molecule has 0 amide bonds. The number of ether oxygens (including phenoxy) is 1. The Morgan fingerprint density at radius 2 is 1.75 bits per heavy atom. The van der Waals surface area contributed by atoms with Gasteiger partial charge in [0.1, 0.15) is 11.4 Å². The summed E-state index contributed by atoms with van der Waals surface area (Å²) in [6.45, 7) is 9.61. The molecule has 0 aliphatic carbocycles. The molecular weight excluding hydrogens is 418 g/mol. The van der Waals surface area contributed by atoms with Crippen molar-refractivity contribution in [2.24, 2.45) is 5.41 Å². The van der Waals surface area contributed by atoms with Gasteiger partial charge in [-0.15, -0.1) is 0 Å². The summed E-state index contributed by atoms with van der Waals surface area (Å²) < 4.78 is 15.2. The van der Waals surface area contributed by atoms with E-state index in [1.807, 2.05) is 88.0 Å². The molecule has 2 aromatic carbocycles. The number of carboxylic acids is 1. The van der Waals surface area contributed by atoms with Gasteiger partial charge in [-0.05, 0) is 56.0 Å². The third-order valence-corrected chi connectivity index (χ3v) is 5.58. The lowest BCUT2D eigenvalue weighted by atomic mass is 9.76. The normalized spacial score (nSPS) is 22.6. The minimum absolute atomic E-state index is 0.00881. The van der Waals surface area contributed by atoms with E-state index in [4.69, 9.17) is 6.11 Å². The minimum atomic E-state index is -1.24. The van der Waals surface area contributed by atoms with Crippen molar-refractivity contribution in [3.05, 3.63) is 58.6 Å². The lowest BCUT2D eigenvalue weighted by molar-refractivity contribution is -0.142. The molecular formula is C23H28BrNO3. The van der Waals surface area contributed by atoms with E-state index in [-0.39, 0.29) is 6.90 Å². The fourth-order valence-corrected chi connectivity index (χ4v) is 4.20. The van der Waals surface area contributed by atoms with Crippen LogP contribution in [0.15, 0.2) is 53.0 Å². The van der Waals surface area contributed by atoms with E-state index >= 15 is 0 Å². The molecule has 5 heteroatoms. The molecule has 0 unspecified atom stereocenters. The van der Waals surface area contributed by atoms with Crippen LogP contribution in [0.2, 0.25) is 0 Å². The van der Waals surface area contributed by atoms with E-state index in [0.29, 0.717) is 5.75 Å². The van der Waals surface area contributed by atoms with E-state index < -0.39 is 28.6 Å². The fraction of sp³-hybridized carbons (Fsp3) is 0.435. The second-order valence-electron chi connectivity index (χ2n) is 8.96. The van der Waals surface area contributed by atoms with Crippen LogP contribution in [0.25, 0.3) is 0 Å². The van der Waals surface area contributed by atoms with E-state index in [1.54, 1.807) is 0 Å². The fourth-order valence-electron chi connectivity index (χ4n) is 3.93. The molecule has 1 aliphatic rings. The summed E-state index contributed by atoms with van der Waals surface area (Å²) in [5, 5.41) is 10.4. The number of halogens is 1. The van der Waals surface area contributed by atoms with Gasteiger partial charge >= 0.3 is 5.97 Å². The highest BCUT2D eigenvalue weighted by atomic mass is 79.9.